The van der Waals surface area contributed by atoms with Gasteiger partial charge < -0.3 is 0 Å². The zero-order valence-electron chi connectivity index (χ0n) is 27.2. The molecule has 0 unspecified atom stereocenters. The maximum absolute atomic E-state index is 5.26. The molecule has 0 radical (unpaired) electrons. The monoisotopic (exact) mass is 666 g/mol. The Morgan fingerprint density at radius 2 is 1.06 bits per heavy atom. The van der Waals surface area contributed by atoms with E-state index < -0.39 is 0 Å². The Kier molecular flexibility index (Phi) is 6.09. The quantitative estimate of drug-likeness (QED) is 0.176. The molecule has 0 amide bonds. The Bertz CT molecular complexity index is 3200. The van der Waals surface area contributed by atoms with Crippen molar-refractivity contribution in [1.29, 1.82) is 0 Å². The van der Waals surface area contributed by atoms with E-state index in [9.17, 15) is 0 Å². The Morgan fingerprint density at radius 1 is 0.392 bits per heavy atom. The van der Waals surface area contributed by atoms with Crippen LogP contribution in [-0.2, 0) is 0 Å². The molecule has 0 spiro atoms. The first-order chi connectivity index (χ1) is 25.3. The molecule has 5 heteroatoms. The van der Waals surface area contributed by atoms with Crippen LogP contribution in [-0.4, -0.2) is 19.9 Å². The molecule has 11 aromatic rings. The predicted octanol–water partition coefficient (Wildman–Crippen LogP) is 12.4. The van der Waals surface area contributed by atoms with Gasteiger partial charge in [0.25, 0.3) is 0 Å². The van der Waals surface area contributed by atoms with Crippen LogP contribution < -0.4 is 0 Å². The van der Waals surface area contributed by atoms with Crippen molar-refractivity contribution in [3.8, 4) is 33.5 Å². The number of fused-ring (bicyclic) bond motifs is 11. The van der Waals surface area contributed by atoms with E-state index in [2.05, 4.69) is 132 Å². The zero-order valence-corrected chi connectivity index (χ0v) is 28.0. The molecule has 5 heterocycles. The summed E-state index contributed by atoms with van der Waals surface area (Å²) in [6, 6.07) is 49.6. The molecule has 0 aliphatic heterocycles. The minimum atomic E-state index is 0.908. The van der Waals surface area contributed by atoms with Crippen LogP contribution in [0, 0.1) is 0 Å². The van der Waals surface area contributed by atoms with Crippen LogP contribution in [0.25, 0.3) is 108 Å². The van der Waals surface area contributed by atoms with Crippen LogP contribution in [0.15, 0.2) is 158 Å². The molecule has 51 heavy (non-hydrogen) atoms. The van der Waals surface area contributed by atoms with Crippen LogP contribution in [0.1, 0.15) is 0 Å². The van der Waals surface area contributed by atoms with Gasteiger partial charge in [-0.2, -0.15) is 0 Å². The Balaban J connectivity index is 1.06. The molecule has 4 nitrogen and oxygen atoms in total. The molecular formula is C46H26N4S. The van der Waals surface area contributed by atoms with E-state index in [1.54, 1.807) is 0 Å². The van der Waals surface area contributed by atoms with Crippen LogP contribution in [0.2, 0.25) is 0 Å². The number of hydrogen-bond acceptors (Lipinski definition) is 5. The van der Waals surface area contributed by atoms with Crippen molar-refractivity contribution in [2.45, 2.75) is 0 Å². The highest BCUT2D eigenvalue weighted by Crippen LogP contribution is 2.44. The van der Waals surface area contributed by atoms with E-state index in [1.165, 1.54) is 36.3 Å². The van der Waals surface area contributed by atoms with Gasteiger partial charge in [0.1, 0.15) is 0 Å². The average molecular weight is 667 g/mol. The molecule has 0 saturated carbocycles. The highest BCUT2D eigenvalue weighted by atomic mass is 32.1. The standard InChI is InChI=1S/C46H26N4S/c1-3-11-39-37(9-1)41-38(22-21-36-33-8-2-4-12-40(33)51-46(36)41)42(50-39)29-15-13-27(14-16-29)30-19-20-31(34-10-6-25-48-44(30)34)32-23-26-49-45-35(32)18-17-28-7-5-24-47-43(28)45/h1-26H. The number of para-hydroxylation sites is 1. The molecule has 0 fully saturated rings. The average Bonchev–Trinajstić information content (AvgIpc) is 3.59. The number of hydrogen-bond donors (Lipinski definition) is 0. The molecule has 0 aliphatic rings. The Labute approximate surface area is 296 Å². The second kappa shape index (κ2) is 11.0. The molecule has 0 N–H and O–H groups in total. The maximum atomic E-state index is 5.26. The summed E-state index contributed by atoms with van der Waals surface area (Å²) in [5.74, 6) is 0. The van der Waals surface area contributed by atoms with E-state index in [4.69, 9.17) is 15.0 Å². The van der Waals surface area contributed by atoms with Crippen molar-refractivity contribution >= 4 is 85.9 Å². The van der Waals surface area contributed by atoms with Crippen molar-refractivity contribution in [1.82, 2.24) is 19.9 Å². The summed E-state index contributed by atoms with van der Waals surface area (Å²) >= 11 is 1.87. The lowest BCUT2D eigenvalue weighted by Crippen LogP contribution is -1.92. The molecule has 236 valence electrons. The fourth-order valence-electron chi connectivity index (χ4n) is 7.87. The smallest absolute Gasteiger partial charge is 0.0970 e. The van der Waals surface area contributed by atoms with Gasteiger partial charge in [0.2, 0.25) is 0 Å². The molecule has 11 rings (SSSR count). The second-order valence-corrected chi connectivity index (χ2v) is 14.0. The molecule has 6 aromatic carbocycles. The van der Waals surface area contributed by atoms with Gasteiger partial charge in [-0.25, -0.2) is 4.98 Å². The topological polar surface area (TPSA) is 51.6 Å². The summed E-state index contributed by atoms with van der Waals surface area (Å²) in [5.41, 5.74) is 10.3. The highest BCUT2D eigenvalue weighted by Gasteiger charge is 2.18. The lowest BCUT2D eigenvalue weighted by Gasteiger charge is -2.14. The van der Waals surface area contributed by atoms with Crippen LogP contribution in [0.5, 0.6) is 0 Å². The molecule has 0 saturated heterocycles. The van der Waals surface area contributed by atoms with Gasteiger partial charge in [-0.3, -0.25) is 15.0 Å². The maximum Gasteiger partial charge on any atom is 0.0970 e. The minimum Gasteiger partial charge on any atom is -0.256 e. The zero-order chi connectivity index (χ0) is 33.5. The van der Waals surface area contributed by atoms with E-state index in [1.807, 2.05) is 42.1 Å². The number of rotatable bonds is 3. The van der Waals surface area contributed by atoms with Gasteiger partial charge in [-0.1, -0.05) is 109 Å². The highest BCUT2D eigenvalue weighted by molar-refractivity contribution is 7.26. The summed E-state index contributed by atoms with van der Waals surface area (Å²) in [4.78, 5) is 19.6. The molecule has 0 bridgehead atoms. The van der Waals surface area contributed by atoms with E-state index >= 15 is 0 Å². The third kappa shape index (κ3) is 4.25. The summed E-state index contributed by atoms with van der Waals surface area (Å²) in [7, 11) is 0. The number of nitrogens with zero attached hydrogens (tertiary/aromatic N) is 4. The minimum absolute atomic E-state index is 0.908. The number of thiophene rings is 1. The van der Waals surface area contributed by atoms with Crippen molar-refractivity contribution < 1.29 is 0 Å². The van der Waals surface area contributed by atoms with Crippen LogP contribution in [0.3, 0.4) is 0 Å². The van der Waals surface area contributed by atoms with Gasteiger partial charge in [0.05, 0.1) is 27.8 Å². The van der Waals surface area contributed by atoms with E-state index in [0.717, 1.165) is 71.7 Å². The second-order valence-electron chi connectivity index (χ2n) is 13.0. The van der Waals surface area contributed by atoms with Crippen LogP contribution >= 0.6 is 11.3 Å². The van der Waals surface area contributed by atoms with E-state index in [0.29, 0.717) is 0 Å². The van der Waals surface area contributed by atoms with Crippen LogP contribution in [0.4, 0.5) is 0 Å². The molecular weight excluding hydrogens is 641 g/mol. The van der Waals surface area contributed by atoms with Crippen molar-refractivity contribution in [3.05, 3.63) is 158 Å². The lowest BCUT2D eigenvalue weighted by atomic mass is 9.92. The summed E-state index contributed by atoms with van der Waals surface area (Å²) in [5, 5.41) is 9.50. The van der Waals surface area contributed by atoms with Gasteiger partial charge in [-0.05, 0) is 47.0 Å². The first-order valence-electron chi connectivity index (χ1n) is 17.0. The molecule has 0 atom stereocenters. The van der Waals surface area contributed by atoms with Gasteiger partial charge in [-0.15, -0.1) is 11.3 Å². The fraction of sp³-hybridized carbons (Fsp3) is 0. The van der Waals surface area contributed by atoms with Gasteiger partial charge in [0, 0.05) is 82.2 Å². The largest absolute Gasteiger partial charge is 0.256 e. The summed E-state index contributed by atoms with van der Waals surface area (Å²) < 4.78 is 2.62. The van der Waals surface area contributed by atoms with Crippen molar-refractivity contribution in [3.63, 3.8) is 0 Å². The SMILES string of the molecule is c1cnc2c(c1)ccc1c(-c3ccc(-c4ccc(-c5nc6ccccc6c6c5ccc5c7ccccc7sc56)cc4)c4ncccc34)ccnc12. The third-order valence-electron chi connectivity index (χ3n) is 10.2. The van der Waals surface area contributed by atoms with Gasteiger partial charge in [0.15, 0.2) is 0 Å². The predicted molar refractivity (Wildman–Crippen MR) is 214 cm³/mol. The lowest BCUT2D eigenvalue weighted by molar-refractivity contribution is 1.37. The first kappa shape index (κ1) is 28.3. The number of aromatic nitrogens is 4. The Morgan fingerprint density at radius 3 is 1.98 bits per heavy atom. The first-order valence-corrected chi connectivity index (χ1v) is 17.9. The van der Waals surface area contributed by atoms with Crippen molar-refractivity contribution in [2.24, 2.45) is 0 Å². The van der Waals surface area contributed by atoms with E-state index in [-0.39, 0.29) is 0 Å². The van der Waals surface area contributed by atoms with Gasteiger partial charge >= 0.3 is 0 Å². The third-order valence-corrected chi connectivity index (χ3v) is 11.4. The fourth-order valence-corrected chi connectivity index (χ4v) is 9.14. The normalized spacial score (nSPS) is 11.9. The van der Waals surface area contributed by atoms with Crippen molar-refractivity contribution in [2.75, 3.05) is 0 Å². The molecule has 0 aliphatic carbocycles. The number of benzene rings is 6. The Hall–Kier alpha value is -6.56. The summed E-state index contributed by atoms with van der Waals surface area (Å²) in [6.07, 6.45) is 5.60. The summed E-state index contributed by atoms with van der Waals surface area (Å²) in [6.45, 7) is 0. The molecule has 5 aromatic heterocycles. The number of pyridine rings is 4.